The molecule has 0 aliphatic heterocycles. The lowest BCUT2D eigenvalue weighted by molar-refractivity contribution is 0.0902. The van der Waals surface area contributed by atoms with Gasteiger partial charge in [0.1, 0.15) is 12.4 Å². The third-order valence-electron chi connectivity index (χ3n) is 4.73. The third-order valence-corrected chi connectivity index (χ3v) is 4.73. The second kappa shape index (κ2) is 7.73. The van der Waals surface area contributed by atoms with Gasteiger partial charge in [-0.3, -0.25) is 9.59 Å². The van der Waals surface area contributed by atoms with E-state index in [-0.39, 0.29) is 35.7 Å². The molecule has 9 heteroatoms. The van der Waals surface area contributed by atoms with Gasteiger partial charge in [-0.1, -0.05) is 23.4 Å². The fourth-order valence-electron chi connectivity index (χ4n) is 3.25. The number of aromatic nitrogens is 5. The van der Waals surface area contributed by atoms with Crippen LogP contribution in [0.3, 0.4) is 0 Å². The van der Waals surface area contributed by atoms with Gasteiger partial charge in [0.15, 0.2) is 5.69 Å². The molecular formula is C19H20N6O3. The monoisotopic (exact) mass is 380 g/mol. The lowest BCUT2D eigenvalue weighted by atomic mass is 9.78. The Labute approximate surface area is 160 Å². The molecule has 2 aromatic heterocycles. The maximum Gasteiger partial charge on any atom is 0.273 e. The Balaban J connectivity index is 1.35. The Bertz CT molecular complexity index is 1020. The number of rotatable bonds is 6. The van der Waals surface area contributed by atoms with E-state index in [4.69, 9.17) is 4.74 Å². The van der Waals surface area contributed by atoms with Crippen LogP contribution in [0.2, 0.25) is 0 Å². The highest BCUT2D eigenvalue weighted by Gasteiger charge is 2.33. The number of para-hydroxylation sites is 1. The van der Waals surface area contributed by atoms with Crippen molar-refractivity contribution in [3.8, 4) is 5.69 Å². The van der Waals surface area contributed by atoms with Crippen molar-refractivity contribution in [2.45, 2.75) is 31.4 Å². The molecule has 0 spiro atoms. The quantitative estimate of drug-likeness (QED) is 0.663. The van der Waals surface area contributed by atoms with Crippen LogP contribution < -0.4 is 10.9 Å². The third kappa shape index (κ3) is 3.84. The predicted molar refractivity (Wildman–Crippen MR) is 100 cm³/mol. The minimum Gasteiger partial charge on any atom is -0.377 e. The summed E-state index contributed by atoms with van der Waals surface area (Å²) < 4.78 is 6.59. The number of methoxy groups -OCH3 is 1. The number of hydrogen-bond acceptors (Lipinski definition) is 6. The molecular weight excluding hydrogens is 360 g/mol. The van der Waals surface area contributed by atoms with Gasteiger partial charge in [0.05, 0.1) is 17.6 Å². The van der Waals surface area contributed by atoms with Gasteiger partial charge >= 0.3 is 0 Å². The summed E-state index contributed by atoms with van der Waals surface area (Å²) in [6.45, 7) is 0.257. The molecule has 1 fully saturated rings. The van der Waals surface area contributed by atoms with Crippen LogP contribution in [0.1, 0.15) is 40.8 Å². The van der Waals surface area contributed by atoms with Crippen molar-refractivity contribution in [1.29, 1.82) is 0 Å². The van der Waals surface area contributed by atoms with Crippen molar-refractivity contribution in [2.75, 3.05) is 7.11 Å². The molecule has 9 nitrogen and oxygen atoms in total. The first-order valence-electron chi connectivity index (χ1n) is 9.00. The average Bonchev–Trinajstić information content (AvgIpc) is 3.15. The molecule has 1 aromatic carbocycles. The van der Waals surface area contributed by atoms with Crippen LogP contribution >= 0.6 is 0 Å². The number of H-pyrrole nitrogens is 1. The first-order chi connectivity index (χ1) is 13.6. The van der Waals surface area contributed by atoms with E-state index in [2.05, 4.69) is 25.6 Å². The van der Waals surface area contributed by atoms with E-state index in [9.17, 15) is 9.59 Å². The maximum absolute atomic E-state index is 12.4. The summed E-state index contributed by atoms with van der Waals surface area (Å²) in [6, 6.07) is 11.0. The second-order valence-corrected chi connectivity index (χ2v) is 6.77. The molecule has 1 aliphatic rings. The summed E-state index contributed by atoms with van der Waals surface area (Å²) in [5.74, 6) is 0.391. The van der Waals surface area contributed by atoms with Gasteiger partial charge in [0, 0.05) is 25.1 Å². The maximum atomic E-state index is 12.4. The van der Waals surface area contributed by atoms with Gasteiger partial charge in [-0.15, -0.1) is 5.10 Å². The summed E-state index contributed by atoms with van der Waals surface area (Å²) in [5.41, 5.74) is 1.65. The normalized spacial score (nSPS) is 18.5. The number of carbonyl (C=O) groups is 1. The van der Waals surface area contributed by atoms with Gasteiger partial charge < -0.3 is 15.0 Å². The Hall–Kier alpha value is -3.33. The molecule has 28 heavy (non-hydrogen) atoms. The minimum atomic E-state index is -0.260. The van der Waals surface area contributed by atoms with Crippen molar-refractivity contribution in [3.05, 3.63) is 70.2 Å². The van der Waals surface area contributed by atoms with E-state index in [1.54, 1.807) is 18.0 Å². The van der Waals surface area contributed by atoms with Crippen LogP contribution in [0.25, 0.3) is 5.69 Å². The first kappa shape index (κ1) is 18.1. The molecule has 2 N–H and O–H groups in total. The van der Waals surface area contributed by atoms with Gasteiger partial charge in [0.25, 0.3) is 11.5 Å². The molecule has 1 saturated carbocycles. The molecule has 0 radical (unpaired) electrons. The Kier molecular flexibility index (Phi) is 4.98. The lowest BCUT2D eigenvalue weighted by Gasteiger charge is -2.35. The van der Waals surface area contributed by atoms with Gasteiger partial charge in [-0.05, 0) is 25.0 Å². The van der Waals surface area contributed by atoms with Crippen LogP contribution in [0.5, 0.6) is 0 Å². The smallest absolute Gasteiger partial charge is 0.273 e. The highest BCUT2D eigenvalue weighted by Crippen LogP contribution is 2.35. The van der Waals surface area contributed by atoms with Gasteiger partial charge in [0.2, 0.25) is 0 Å². The average molecular weight is 380 g/mol. The molecule has 0 unspecified atom stereocenters. The Morgan fingerprint density at radius 2 is 2.11 bits per heavy atom. The number of hydrogen-bond donors (Lipinski definition) is 2. The molecule has 1 aliphatic carbocycles. The largest absolute Gasteiger partial charge is 0.377 e. The van der Waals surface area contributed by atoms with E-state index in [1.807, 2.05) is 30.3 Å². The van der Waals surface area contributed by atoms with Crippen molar-refractivity contribution < 1.29 is 9.53 Å². The van der Waals surface area contributed by atoms with E-state index < -0.39 is 0 Å². The zero-order valence-corrected chi connectivity index (χ0v) is 15.3. The molecule has 144 valence electrons. The van der Waals surface area contributed by atoms with E-state index in [0.717, 1.165) is 24.2 Å². The summed E-state index contributed by atoms with van der Waals surface area (Å²) >= 11 is 0. The van der Waals surface area contributed by atoms with Crippen LogP contribution in [0.15, 0.2) is 47.4 Å². The second-order valence-electron chi connectivity index (χ2n) is 6.77. The molecule has 3 aromatic rings. The summed E-state index contributed by atoms with van der Waals surface area (Å²) in [6.07, 6.45) is 3.05. The van der Waals surface area contributed by atoms with Crippen LogP contribution in [-0.4, -0.2) is 44.0 Å². The highest BCUT2D eigenvalue weighted by molar-refractivity contribution is 5.92. The number of nitrogens with zero attached hydrogens (tertiary/aromatic N) is 4. The molecule has 4 rings (SSSR count). The number of aromatic amines is 1. The Morgan fingerprint density at radius 3 is 2.86 bits per heavy atom. The molecule has 1 amide bonds. The predicted octanol–water partition coefficient (Wildman–Crippen LogP) is 1.17. The molecule has 0 saturated heterocycles. The topological polar surface area (TPSA) is 115 Å². The van der Waals surface area contributed by atoms with Crippen LogP contribution in [0.4, 0.5) is 0 Å². The van der Waals surface area contributed by atoms with Gasteiger partial charge in [-0.25, -0.2) is 9.67 Å². The number of nitrogens with one attached hydrogen (secondary N) is 2. The summed E-state index contributed by atoms with van der Waals surface area (Å²) in [5, 5.41) is 10.9. The standard InChI is InChI=1S/C19H20N6O3/c1-28-11-17-21-15(9-18(26)22-17)12-7-13(8-12)20-19(27)16-10-25(24-23-16)14-5-3-2-4-6-14/h2-6,9-10,12-13H,7-8,11H2,1H3,(H,20,27)(H,21,22,26). The minimum absolute atomic E-state index is 0.0198. The zero-order valence-electron chi connectivity index (χ0n) is 15.3. The first-order valence-corrected chi connectivity index (χ1v) is 9.00. The van der Waals surface area contributed by atoms with Gasteiger partial charge in [-0.2, -0.15) is 0 Å². The number of ether oxygens (including phenoxy) is 1. The van der Waals surface area contributed by atoms with E-state index >= 15 is 0 Å². The SMILES string of the molecule is COCc1nc(C2CC(NC(=O)c3cn(-c4ccccc4)nn3)C2)cc(=O)[nH]1. The highest BCUT2D eigenvalue weighted by atomic mass is 16.5. The molecule has 2 heterocycles. The number of carbonyl (C=O) groups excluding carboxylic acids is 1. The van der Waals surface area contributed by atoms with Crippen LogP contribution in [-0.2, 0) is 11.3 Å². The fourth-order valence-corrected chi connectivity index (χ4v) is 3.25. The fraction of sp³-hybridized carbons (Fsp3) is 0.316. The van der Waals surface area contributed by atoms with Crippen molar-refractivity contribution in [3.63, 3.8) is 0 Å². The van der Waals surface area contributed by atoms with Crippen molar-refractivity contribution >= 4 is 5.91 Å². The Morgan fingerprint density at radius 1 is 1.32 bits per heavy atom. The molecule has 0 bridgehead atoms. The summed E-state index contributed by atoms with van der Waals surface area (Å²) in [7, 11) is 1.55. The zero-order chi connectivity index (χ0) is 19.5. The van der Waals surface area contributed by atoms with Crippen molar-refractivity contribution in [2.24, 2.45) is 0 Å². The van der Waals surface area contributed by atoms with Crippen molar-refractivity contribution in [1.82, 2.24) is 30.3 Å². The number of benzene rings is 1. The molecule has 0 atom stereocenters. The van der Waals surface area contributed by atoms with E-state index in [1.165, 1.54) is 6.07 Å². The lowest BCUT2D eigenvalue weighted by Crippen LogP contribution is -2.44. The number of amides is 1. The summed E-state index contributed by atoms with van der Waals surface area (Å²) in [4.78, 5) is 31.3. The van der Waals surface area contributed by atoms with Crippen LogP contribution in [0, 0.1) is 0 Å². The van der Waals surface area contributed by atoms with E-state index in [0.29, 0.717) is 5.82 Å².